The summed E-state index contributed by atoms with van der Waals surface area (Å²) in [6.07, 6.45) is 1.96. The van der Waals surface area contributed by atoms with E-state index in [-0.39, 0.29) is 0 Å². The zero-order chi connectivity index (χ0) is 14.5. The third-order valence-corrected chi connectivity index (χ3v) is 3.28. The van der Waals surface area contributed by atoms with Crippen molar-refractivity contribution in [2.75, 3.05) is 11.9 Å². The van der Waals surface area contributed by atoms with Crippen LogP contribution < -0.4 is 10.2 Å². The maximum atomic E-state index is 4.62. The van der Waals surface area contributed by atoms with Gasteiger partial charge in [-0.05, 0) is 36.2 Å². The molecule has 0 saturated carbocycles. The molecular weight excluding hydrogens is 246 g/mol. The van der Waals surface area contributed by atoms with Gasteiger partial charge in [0.15, 0.2) is 0 Å². The summed E-state index contributed by atoms with van der Waals surface area (Å²) in [5, 5.41) is 3.42. The minimum atomic E-state index is 0.488. The quantitative estimate of drug-likeness (QED) is 0.898. The molecule has 2 rings (SSSR count). The summed E-state index contributed by atoms with van der Waals surface area (Å²) in [5.41, 5.74) is 3.57. The van der Waals surface area contributed by atoms with Crippen LogP contribution >= 0.6 is 0 Å². The highest BCUT2D eigenvalue weighted by atomic mass is 15.2. The van der Waals surface area contributed by atoms with E-state index >= 15 is 0 Å². The summed E-state index contributed by atoms with van der Waals surface area (Å²) in [7, 11) is 2.05. The van der Waals surface area contributed by atoms with Crippen molar-refractivity contribution in [2.45, 2.75) is 33.4 Å². The van der Waals surface area contributed by atoms with Crippen molar-refractivity contribution < 1.29 is 0 Å². The highest BCUT2D eigenvalue weighted by Gasteiger charge is 2.09. The number of rotatable bonds is 5. The van der Waals surface area contributed by atoms with Gasteiger partial charge in [-0.2, -0.15) is 0 Å². The van der Waals surface area contributed by atoms with Gasteiger partial charge in [0.1, 0.15) is 5.82 Å². The Morgan fingerprint density at radius 3 is 2.50 bits per heavy atom. The number of hydrogen-bond donors (Lipinski definition) is 1. The molecule has 0 amide bonds. The van der Waals surface area contributed by atoms with E-state index in [1.807, 2.05) is 24.4 Å². The summed E-state index contributed by atoms with van der Waals surface area (Å²) in [4.78, 5) is 6.74. The first-order chi connectivity index (χ1) is 9.58. The van der Waals surface area contributed by atoms with Gasteiger partial charge in [0.25, 0.3) is 0 Å². The fourth-order valence-electron chi connectivity index (χ4n) is 2.17. The Hall–Kier alpha value is -1.87. The van der Waals surface area contributed by atoms with Gasteiger partial charge in [0.2, 0.25) is 0 Å². The number of nitrogens with zero attached hydrogens (tertiary/aromatic N) is 2. The minimum Gasteiger partial charge on any atom is -0.329 e. The number of aromatic nitrogens is 1. The molecule has 1 N–H and O–H groups in total. The van der Waals surface area contributed by atoms with Crippen LogP contribution in [-0.2, 0) is 6.54 Å². The van der Waals surface area contributed by atoms with E-state index in [0.29, 0.717) is 6.04 Å². The first kappa shape index (κ1) is 14.5. The molecule has 0 fully saturated rings. The largest absolute Gasteiger partial charge is 0.329 e. The molecule has 1 aromatic carbocycles. The number of pyridine rings is 1. The Labute approximate surface area is 121 Å². The number of anilines is 2. The molecule has 0 bridgehead atoms. The average molecular weight is 269 g/mol. The lowest BCUT2D eigenvalue weighted by Gasteiger charge is -2.21. The molecule has 2 aromatic rings. The molecule has 0 saturated heterocycles. The molecule has 0 radical (unpaired) electrons. The van der Waals surface area contributed by atoms with E-state index in [2.05, 4.69) is 61.2 Å². The zero-order valence-corrected chi connectivity index (χ0v) is 12.7. The summed E-state index contributed by atoms with van der Waals surface area (Å²) in [6, 6.07) is 13.0. The summed E-state index contributed by atoms with van der Waals surface area (Å²) in [6.45, 7) is 7.27. The van der Waals surface area contributed by atoms with Crippen molar-refractivity contribution in [3.05, 3.63) is 53.7 Å². The van der Waals surface area contributed by atoms with E-state index in [0.717, 1.165) is 18.1 Å². The van der Waals surface area contributed by atoms with Gasteiger partial charge in [-0.15, -0.1) is 0 Å². The smallest absolute Gasteiger partial charge is 0.135 e. The van der Waals surface area contributed by atoms with Crippen molar-refractivity contribution in [1.82, 2.24) is 10.3 Å². The summed E-state index contributed by atoms with van der Waals surface area (Å²) in [5.74, 6) is 1.00. The zero-order valence-electron chi connectivity index (χ0n) is 12.7. The molecule has 1 aromatic heterocycles. The SMILES string of the molecule is Cc1cc(CNC(C)C)cnc1N(C)c1ccccc1. The monoisotopic (exact) mass is 269 g/mol. The van der Waals surface area contributed by atoms with Gasteiger partial charge >= 0.3 is 0 Å². The van der Waals surface area contributed by atoms with E-state index < -0.39 is 0 Å². The molecule has 3 nitrogen and oxygen atoms in total. The van der Waals surface area contributed by atoms with Gasteiger partial charge in [-0.25, -0.2) is 4.98 Å². The van der Waals surface area contributed by atoms with Gasteiger partial charge in [-0.1, -0.05) is 32.0 Å². The third-order valence-electron chi connectivity index (χ3n) is 3.28. The highest BCUT2D eigenvalue weighted by molar-refractivity contribution is 5.61. The minimum absolute atomic E-state index is 0.488. The third kappa shape index (κ3) is 3.58. The standard InChI is InChI=1S/C17H23N3/c1-13(2)18-11-15-10-14(3)17(19-12-15)20(4)16-8-6-5-7-9-16/h5-10,12-13,18H,11H2,1-4H3. The van der Waals surface area contributed by atoms with Crippen LogP contribution in [-0.4, -0.2) is 18.1 Å². The van der Waals surface area contributed by atoms with Crippen molar-refractivity contribution >= 4 is 11.5 Å². The molecule has 20 heavy (non-hydrogen) atoms. The predicted molar refractivity (Wildman–Crippen MR) is 85.5 cm³/mol. The van der Waals surface area contributed by atoms with Crippen LogP contribution in [0.5, 0.6) is 0 Å². The van der Waals surface area contributed by atoms with Gasteiger partial charge in [0.05, 0.1) is 0 Å². The van der Waals surface area contributed by atoms with Crippen LogP contribution in [0.3, 0.4) is 0 Å². The van der Waals surface area contributed by atoms with E-state index in [9.17, 15) is 0 Å². The maximum absolute atomic E-state index is 4.62. The van der Waals surface area contributed by atoms with Crippen LogP contribution in [0.4, 0.5) is 11.5 Å². The fourth-order valence-corrected chi connectivity index (χ4v) is 2.17. The molecule has 0 aliphatic carbocycles. The topological polar surface area (TPSA) is 28.2 Å². The van der Waals surface area contributed by atoms with Crippen LogP contribution in [0.25, 0.3) is 0 Å². The lowest BCUT2D eigenvalue weighted by atomic mass is 10.2. The number of para-hydroxylation sites is 1. The van der Waals surface area contributed by atoms with Gasteiger partial charge in [0, 0.05) is 31.5 Å². The first-order valence-corrected chi connectivity index (χ1v) is 7.05. The molecule has 0 aliphatic heterocycles. The van der Waals surface area contributed by atoms with Crippen LogP contribution in [0.15, 0.2) is 42.6 Å². The van der Waals surface area contributed by atoms with Gasteiger partial charge in [-0.3, -0.25) is 0 Å². The van der Waals surface area contributed by atoms with E-state index in [1.165, 1.54) is 11.1 Å². The second kappa shape index (κ2) is 6.53. The van der Waals surface area contributed by atoms with E-state index in [4.69, 9.17) is 0 Å². The van der Waals surface area contributed by atoms with Crippen molar-refractivity contribution in [3.8, 4) is 0 Å². The van der Waals surface area contributed by atoms with Crippen LogP contribution in [0.2, 0.25) is 0 Å². The first-order valence-electron chi connectivity index (χ1n) is 7.05. The fraction of sp³-hybridized carbons (Fsp3) is 0.353. The summed E-state index contributed by atoms with van der Waals surface area (Å²) >= 11 is 0. The van der Waals surface area contributed by atoms with Crippen LogP contribution in [0, 0.1) is 6.92 Å². The molecule has 0 spiro atoms. The van der Waals surface area contributed by atoms with Gasteiger partial charge < -0.3 is 10.2 Å². The van der Waals surface area contributed by atoms with Crippen LogP contribution in [0.1, 0.15) is 25.0 Å². The molecule has 1 heterocycles. The number of nitrogens with one attached hydrogen (secondary N) is 1. The number of hydrogen-bond acceptors (Lipinski definition) is 3. The molecule has 0 aliphatic rings. The van der Waals surface area contributed by atoms with E-state index in [1.54, 1.807) is 0 Å². The lowest BCUT2D eigenvalue weighted by molar-refractivity contribution is 0.588. The van der Waals surface area contributed by atoms with Crippen molar-refractivity contribution in [1.29, 1.82) is 0 Å². The Morgan fingerprint density at radius 2 is 1.90 bits per heavy atom. The Morgan fingerprint density at radius 1 is 1.20 bits per heavy atom. The average Bonchev–Trinajstić information content (AvgIpc) is 2.45. The molecular formula is C17H23N3. The number of aryl methyl sites for hydroxylation is 1. The molecule has 106 valence electrons. The predicted octanol–water partition coefficient (Wildman–Crippen LogP) is 3.66. The number of benzene rings is 1. The highest BCUT2D eigenvalue weighted by Crippen LogP contribution is 2.24. The Bertz CT molecular complexity index is 549. The second-order valence-corrected chi connectivity index (χ2v) is 5.41. The maximum Gasteiger partial charge on any atom is 0.135 e. The Kier molecular flexibility index (Phi) is 4.74. The van der Waals surface area contributed by atoms with Crippen molar-refractivity contribution in [2.24, 2.45) is 0 Å². The lowest BCUT2D eigenvalue weighted by Crippen LogP contribution is -2.22. The molecule has 0 atom stereocenters. The molecule has 0 unspecified atom stereocenters. The Balaban J connectivity index is 2.17. The van der Waals surface area contributed by atoms with Crippen molar-refractivity contribution in [3.63, 3.8) is 0 Å². The normalized spacial score (nSPS) is 10.8. The summed E-state index contributed by atoms with van der Waals surface area (Å²) < 4.78 is 0. The second-order valence-electron chi connectivity index (χ2n) is 5.41. The molecule has 3 heteroatoms.